The van der Waals surface area contributed by atoms with Crippen LogP contribution in [0.25, 0.3) is 0 Å². The molecule has 0 bridgehead atoms. The minimum absolute atomic E-state index is 0.297. The van der Waals surface area contributed by atoms with Gasteiger partial charge >= 0.3 is 0 Å². The molecular weight excluding hydrogens is 194 g/mol. The zero-order chi connectivity index (χ0) is 12.0. The van der Waals surface area contributed by atoms with Crippen LogP contribution in [0.2, 0.25) is 0 Å². The molecule has 0 spiro atoms. The molecule has 0 radical (unpaired) electrons. The van der Waals surface area contributed by atoms with E-state index < -0.39 is 0 Å². The lowest BCUT2D eigenvalue weighted by molar-refractivity contribution is 0.540. The van der Waals surface area contributed by atoms with Crippen LogP contribution >= 0.6 is 0 Å². The molecule has 1 heteroatoms. The molecular formula is C15H21N. The SMILES string of the molecule is C#CCC(NCCC)c1ccc(C)cc1C. The Morgan fingerprint density at radius 3 is 2.69 bits per heavy atom. The number of terminal acetylenes is 1. The van der Waals surface area contributed by atoms with Gasteiger partial charge in [-0.3, -0.25) is 0 Å². The third-order valence-corrected chi connectivity index (χ3v) is 2.76. The lowest BCUT2D eigenvalue weighted by Gasteiger charge is -2.19. The Bertz CT molecular complexity index is 374. The van der Waals surface area contributed by atoms with Crippen molar-refractivity contribution in [2.45, 2.75) is 39.7 Å². The lowest BCUT2D eigenvalue weighted by atomic mass is 9.97. The van der Waals surface area contributed by atoms with E-state index in [0.29, 0.717) is 6.04 Å². The van der Waals surface area contributed by atoms with E-state index in [4.69, 9.17) is 6.42 Å². The van der Waals surface area contributed by atoms with Crippen LogP contribution in [0, 0.1) is 26.2 Å². The van der Waals surface area contributed by atoms with Crippen molar-refractivity contribution in [3.05, 3.63) is 34.9 Å². The number of aryl methyl sites for hydroxylation is 2. The van der Waals surface area contributed by atoms with E-state index in [-0.39, 0.29) is 0 Å². The molecule has 0 saturated heterocycles. The molecule has 1 aromatic carbocycles. The van der Waals surface area contributed by atoms with Gasteiger partial charge in [0.15, 0.2) is 0 Å². The van der Waals surface area contributed by atoms with Crippen LogP contribution in [-0.2, 0) is 0 Å². The number of hydrogen-bond donors (Lipinski definition) is 1. The topological polar surface area (TPSA) is 12.0 Å². The van der Waals surface area contributed by atoms with Crippen molar-refractivity contribution in [1.29, 1.82) is 0 Å². The highest BCUT2D eigenvalue weighted by Crippen LogP contribution is 2.21. The molecule has 86 valence electrons. The third kappa shape index (κ3) is 3.40. The van der Waals surface area contributed by atoms with E-state index >= 15 is 0 Å². The Balaban J connectivity index is 2.88. The summed E-state index contributed by atoms with van der Waals surface area (Å²) >= 11 is 0. The van der Waals surface area contributed by atoms with E-state index in [0.717, 1.165) is 19.4 Å². The lowest BCUT2D eigenvalue weighted by Crippen LogP contribution is -2.22. The molecule has 0 fully saturated rings. The first-order chi connectivity index (χ1) is 7.69. The summed E-state index contributed by atoms with van der Waals surface area (Å²) in [5.74, 6) is 2.75. The molecule has 16 heavy (non-hydrogen) atoms. The van der Waals surface area contributed by atoms with Crippen molar-refractivity contribution >= 4 is 0 Å². The predicted octanol–water partition coefficient (Wildman–Crippen LogP) is 3.37. The van der Waals surface area contributed by atoms with Crippen LogP contribution in [0.4, 0.5) is 0 Å². The first kappa shape index (κ1) is 12.8. The zero-order valence-electron chi connectivity index (χ0n) is 10.5. The molecule has 1 unspecified atom stereocenters. The summed E-state index contributed by atoms with van der Waals surface area (Å²) in [7, 11) is 0. The average molecular weight is 215 g/mol. The van der Waals surface area contributed by atoms with Gasteiger partial charge in [-0.15, -0.1) is 12.3 Å². The van der Waals surface area contributed by atoms with Crippen molar-refractivity contribution in [3.63, 3.8) is 0 Å². The molecule has 0 heterocycles. The molecule has 1 rings (SSSR count). The van der Waals surface area contributed by atoms with Gasteiger partial charge in [-0.25, -0.2) is 0 Å². The van der Waals surface area contributed by atoms with Gasteiger partial charge < -0.3 is 5.32 Å². The summed E-state index contributed by atoms with van der Waals surface area (Å²) in [4.78, 5) is 0. The Hall–Kier alpha value is -1.26. The normalized spacial score (nSPS) is 12.1. The smallest absolute Gasteiger partial charge is 0.0433 e. The fourth-order valence-electron chi connectivity index (χ4n) is 1.95. The van der Waals surface area contributed by atoms with Crippen molar-refractivity contribution in [3.8, 4) is 12.3 Å². The first-order valence-corrected chi connectivity index (χ1v) is 5.93. The van der Waals surface area contributed by atoms with Gasteiger partial charge in [0, 0.05) is 12.5 Å². The Morgan fingerprint density at radius 2 is 2.12 bits per heavy atom. The van der Waals surface area contributed by atoms with Crippen LogP contribution in [0.5, 0.6) is 0 Å². The van der Waals surface area contributed by atoms with Gasteiger partial charge in [-0.1, -0.05) is 30.7 Å². The van der Waals surface area contributed by atoms with Gasteiger partial charge in [0.25, 0.3) is 0 Å². The van der Waals surface area contributed by atoms with E-state index in [2.05, 4.69) is 50.2 Å². The largest absolute Gasteiger partial charge is 0.309 e. The Labute approximate surface area is 99.3 Å². The standard InChI is InChI=1S/C15H21N/c1-5-7-15(16-10-6-2)14-9-8-12(3)11-13(14)4/h1,8-9,11,15-16H,6-7,10H2,2-4H3. The van der Waals surface area contributed by atoms with Crippen molar-refractivity contribution < 1.29 is 0 Å². The highest BCUT2D eigenvalue weighted by Gasteiger charge is 2.11. The van der Waals surface area contributed by atoms with Gasteiger partial charge in [0.05, 0.1) is 0 Å². The Morgan fingerprint density at radius 1 is 1.38 bits per heavy atom. The van der Waals surface area contributed by atoms with Crippen LogP contribution in [-0.4, -0.2) is 6.54 Å². The molecule has 0 aliphatic carbocycles. The minimum Gasteiger partial charge on any atom is -0.309 e. The Kier molecular flexibility index (Phi) is 5.08. The monoisotopic (exact) mass is 215 g/mol. The number of hydrogen-bond acceptors (Lipinski definition) is 1. The molecule has 1 atom stereocenters. The maximum absolute atomic E-state index is 5.43. The second-order valence-corrected chi connectivity index (χ2v) is 4.28. The second kappa shape index (κ2) is 6.35. The van der Waals surface area contributed by atoms with Gasteiger partial charge in [0.2, 0.25) is 0 Å². The maximum atomic E-state index is 5.43. The summed E-state index contributed by atoms with van der Waals surface area (Å²) < 4.78 is 0. The number of rotatable bonds is 5. The highest BCUT2D eigenvalue weighted by atomic mass is 14.9. The van der Waals surface area contributed by atoms with Crippen LogP contribution in [0.1, 0.15) is 42.5 Å². The molecule has 0 aliphatic heterocycles. The molecule has 1 N–H and O–H groups in total. The third-order valence-electron chi connectivity index (χ3n) is 2.76. The molecule has 1 aromatic rings. The van der Waals surface area contributed by atoms with E-state index in [1.165, 1.54) is 16.7 Å². The van der Waals surface area contributed by atoms with Crippen molar-refractivity contribution in [1.82, 2.24) is 5.32 Å². The van der Waals surface area contributed by atoms with Gasteiger partial charge in [-0.05, 0) is 37.9 Å². The van der Waals surface area contributed by atoms with Crippen LogP contribution < -0.4 is 5.32 Å². The fraction of sp³-hybridized carbons (Fsp3) is 0.467. The number of nitrogens with one attached hydrogen (secondary N) is 1. The van der Waals surface area contributed by atoms with Crippen LogP contribution in [0.3, 0.4) is 0 Å². The second-order valence-electron chi connectivity index (χ2n) is 4.28. The van der Waals surface area contributed by atoms with Crippen molar-refractivity contribution in [2.24, 2.45) is 0 Å². The van der Waals surface area contributed by atoms with Crippen molar-refractivity contribution in [2.75, 3.05) is 6.54 Å². The predicted molar refractivity (Wildman–Crippen MR) is 70.4 cm³/mol. The highest BCUT2D eigenvalue weighted by molar-refractivity contribution is 5.33. The van der Waals surface area contributed by atoms with Gasteiger partial charge in [0.1, 0.15) is 0 Å². The maximum Gasteiger partial charge on any atom is 0.0433 e. The van der Waals surface area contributed by atoms with Crippen LogP contribution in [0.15, 0.2) is 18.2 Å². The zero-order valence-corrected chi connectivity index (χ0v) is 10.5. The van der Waals surface area contributed by atoms with E-state index in [9.17, 15) is 0 Å². The summed E-state index contributed by atoms with van der Waals surface area (Å²) in [6.45, 7) is 7.45. The summed E-state index contributed by atoms with van der Waals surface area (Å²) in [5.41, 5.74) is 3.96. The molecule has 0 amide bonds. The molecule has 0 saturated carbocycles. The minimum atomic E-state index is 0.297. The summed E-state index contributed by atoms with van der Waals surface area (Å²) in [6.07, 6.45) is 7.31. The van der Waals surface area contributed by atoms with E-state index in [1.54, 1.807) is 0 Å². The molecule has 0 aromatic heterocycles. The first-order valence-electron chi connectivity index (χ1n) is 5.93. The number of benzene rings is 1. The quantitative estimate of drug-likeness (QED) is 0.743. The molecule has 0 aliphatic rings. The van der Waals surface area contributed by atoms with Gasteiger partial charge in [-0.2, -0.15) is 0 Å². The van der Waals surface area contributed by atoms with E-state index in [1.807, 2.05) is 0 Å². The molecule has 1 nitrogen and oxygen atoms in total. The average Bonchev–Trinajstić information content (AvgIpc) is 2.25. The summed E-state index contributed by atoms with van der Waals surface area (Å²) in [5, 5.41) is 3.50. The summed E-state index contributed by atoms with van der Waals surface area (Å²) in [6, 6.07) is 6.85. The fourth-order valence-corrected chi connectivity index (χ4v) is 1.95.